The third-order valence-corrected chi connectivity index (χ3v) is 3.16. The molecule has 0 amide bonds. The summed E-state index contributed by atoms with van der Waals surface area (Å²) in [6.45, 7) is 0. The van der Waals surface area contributed by atoms with Gasteiger partial charge in [-0.05, 0) is 24.3 Å². The quantitative estimate of drug-likeness (QED) is 0.910. The lowest BCUT2D eigenvalue weighted by Crippen LogP contribution is -1.98. The predicted octanol–water partition coefficient (Wildman–Crippen LogP) is 2.71. The number of nitrogens with zero attached hydrogens (tertiary/aromatic N) is 2. The van der Waals surface area contributed by atoms with Crippen LogP contribution in [0, 0.1) is 0 Å². The van der Waals surface area contributed by atoms with E-state index < -0.39 is 5.97 Å². The van der Waals surface area contributed by atoms with E-state index in [4.69, 9.17) is 21.1 Å². The Morgan fingerprint density at radius 1 is 1.33 bits per heavy atom. The second-order valence-electron chi connectivity index (χ2n) is 3.39. The molecule has 0 spiro atoms. The lowest BCUT2D eigenvalue weighted by molar-refractivity contribution is -0.133. The highest BCUT2D eigenvalue weighted by molar-refractivity contribution is 7.99. The van der Waals surface area contributed by atoms with Gasteiger partial charge in [0.15, 0.2) is 0 Å². The molecule has 7 heteroatoms. The Balaban J connectivity index is 2.01. The van der Waals surface area contributed by atoms with E-state index in [0.717, 1.165) is 5.56 Å². The number of hydrogen-bond acceptors (Lipinski definition) is 5. The van der Waals surface area contributed by atoms with Gasteiger partial charge >= 0.3 is 5.97 Å². The highest BCUT2D eigenvalue weighted by Gasteiger charge is 2.09. The summed E-state index contributed by atoms with van der Waals surface area (Å²) in [6.07, 6.45) is 0. The molecule has 1 aromatic heterocycles. The van der Waals surface area contributed by atoms with E-state index >= 15 is 0 Å². The van der Waals surface area contributed by atoms with Crippen molar-refractivity contribution in [2.24, 2.45) is 0 Å². The summed E-state index contributed by atoms with van der Waals surface area (Å²) < 4.78 is 5.41. The maximum atomic E-state index is 10.3. The summed E-state index contributed by atoms with van der Waals surface area (Å²) in [5.41, 5.74) is 0.779. The third kappa shape index (κ3) is 3.48. The highest BCUT2D eigenvalue weighted by Crippen LogP contribution is 2.21. The molecule has 0 saturated heterocycles. The molecule has 0 bridgehead atoms. The Hall–Kier alpha value is -1.53. The summed E-state index contributed by atoms with van der Waals surface area (Å²) in [5, 5.41) is 16.9. The van der Waals surface area contributed by atoms with E-state index in [9.17, 15) is 4.79 Å². The number of aliphatic carboxylic acids is 1. The molecule has 0 saturated carbocycles. The van der Waals surface area contributed by atoms with Gasteiger partial charge < -0.3 is 9.52 Å². The van der Waals surface area contributed by atoms with E-state index in [-0.39, 0.29) is 5.75 Å². The van der Waals surface area contributed by atoms with Crippen LogP contribution in [0.25, 0.3) is 11.5 Å². The van der Waals surface area contributed by atoms with Crippen LogP contribution in [0.15, 0.2) is 28.7 Å². The molecule has 0 aliphatic heterocycles. The van der Waals surface area contributed by atoms with Gasteiger partial charge in [0, 0.05) is 10.6 Å². The minimum absolute atomic E-state index is 0.0126. The van der Waals surface area contributed by atoms with Crippen LogP contribution in [-0.2, 0) is 10.5 Å². The topological polar surface area (TPSA) is 76.2 Å². The Morgan fingerprint density at radius 2 is 2.06 bits per heavy atom. The second kappa shape index (κ2) is 5.88. The number of benzene rings is 1. The molecule has 94 valence electrons. The van der Waals surface area contributed by atoms with Crippen LogP contribution in [-0.4, -0.2) is 27.0 Å². The van der Waals surface area contributed by atoms with Crippen molar-refractivity contribution < 1.29 is 14.3 Å². The van der Waals surface area contributed by atoms with Crippen LogP contribution in [0.1, 0.15) is 5.89 Å². The summed E-state index contributed by atoms with van der Waals surface area (Å²) in [4.78, 5) is 10.3. The monoisotopic (exact) mass is 284 g/mol. The molecule has 1 heterocycles. The van der Waals surface area contributed by atoms with Crippen molar-refractivity contribution in [1.82, 2.24) is 10.2 Å². The van der Waals surface area contributed by atoms with Crippen molar-refractivity contribution in [1.29, 1.82) is 0 Å². The van der Waals surface area contributed by atoms with Gasteiger partial charge in [-0.3, -0.25) is 4.79 Å². The molecule has 1 N–H and O–H groups in total. The lowest BCUT2D eigenvalue weighted by Gasteiger charge is -1.94. The molecule has 0 atom stereocenters. The Labute approximate surface area is 112 Å². The first-order valence-electron chi connectivity index (χ1n) is 5.03. The number of carboxylic acid groups (broad SMARTS) is 1. The van der Waals surface area contributed by atoms with Crippen molar-refractivity contribution >= 4 is 29.3 Å². The van der Waals surface area contributed by atoms with Crippen molar-refractivity contribution in [3.63, 3.8) is 0 Å². The van der Waals surface area contributed by atoms with Crippen LogP contribution in [0.4, 0.5) is 0 Å². The third-order valence-electron chi connectivity index (χ3n) is 2.01. The highest BCUT2D eigenvalue weighted by atomic mass is 35.5. The smallest absolute Gasteiger partial charge is 0.313 e. The molecule has 0 unspecified atom stereocenters. The minimum Gasteiger partial charge on any atom is -0.481 e. The lowest BCUT2D eigenvalue weighted by atomic mass is 10.2. The number of hydrogen-bond donors (Lipinski definition) is 1. The van der Waals surface area contributed by atoms with Gasteiger partial charge in [-0.1, -0.05) is 11.6 Å². The Morgan fingerprint density at radius 3 is 2.72 bits per heavy atom. The van der Waals surface area contributed by atoms with Crippen molar-refractivity contribution in [3.8, 4) is 11.5 Å². The zero-order valence-electron chi connectivity index (χ0n) is 9.17. The van der Waals surface area contributed by atoms with Crippen LogP contribution >= 0.6 is 23.4 Å². The fraction of sp³-hybridized carbons (Fsp3) is 0.182. The van der Waals surface area contributed by atoms with Gasteiger partial charge in [0.05, 0.1) is 11.5 Å². The molecule has 1 aromatic carbocycles. The number of carboxylic acids is 1. The normalized spacial score (nSPS) is 10.5. The maximum absolute atomic E-state index is 10.3. The number of halogens is 1. The zero-order chi connectivity index (χ0) is 13.0. The molecule has 0 aliphatic carbocycles. The minimum atomic E-state index is -0.863. The molecule has 2 aromatic rings. The summed E-state index contributed by atoms with van der Waals surface area (Å²) in [7, 11) is 0. The van der Waals surface area contributed by atoms with Gasteiger partial charge in [-0.15, -0.1) is 22.0 Å². The number of aromatic nitrogens is 2. The van der Waals surface area contributed by atoms with E-state index in [1.165, 1.54) is 11.8 Å². The number of thioether (sulfide) groups is 1. The molecule has 0 aliphatic rings. The number of carbonyl (C=O) groups is 1. The Kier molecular flexibility index (Phi) is 4.22. The van der Waals surface area contributed by atoms with Gasteiger partial charge in [0.2, 0.25) is 11.8 Å². The first-order chi connectivity index (χ1) is 8.65. The standard InChI is InChI=1S/C11H9ClN2O3S/c12-8-3-1-7(2-4-8)11-14-13-9(17-11)5-18-6-10(15)16/h1-4H,5-6H2,(H,15,16). The van der Waals surface area contributed by atoms with Crippen LogP contribution < -0.4 is 0 Å². The molecule has 18 heavy (non-hydrogen) atoms. The second-order valence-corrected chi connectivity index (χ2v) is 4.82. The first kappa shape index (κ1) is 12.9. The molecule has 0 radical (unpaired) electrons. The predicted molar refractivity (Wildman–Crippen MR) is 68.5 cm³/mol. The average molecular weight is 285 g/mol. The SMILES string of the molecule is O=C(O)CSCc1nnc(-c2ccc(Cl)cc2)o1. The maximum Gasteiger partial charge on any atom is 0.313 e. The fourth-order valence-corrected chi connectivity index (χ4v) is 1.94. The zero-order valence-corrected chi connectivity index (χ0v) is 10.7. The fourth-order valence-electron chi connectivity index (χ4n) is 1.25. The van der Waals surface area contributed by atoms with Gasteiger partial charge in [0.25, 0.3) is 0 Å². The van der Waals surface area contributed by atoms with E-state index in [1.54, 1.807) is 24.3 Å². The van der Waals surface area contributed by atoms with Gasteiger partial charge in [-0.2, -0.15) is 0 Å². The Bertz CT molecular complexity index is 541. The van der Waals surface area contributed by atoms with E-state index in [1.807, 2.05) is 0 Å². The molecular weight excluding hydrogens is 276 g/mol. The number of rotatable bonds is 5. The molecule has 5 nitrogen and oxygen atoms in total. The first-order valence-corrected chi connectivity index (χ1v) is 6.56. The van der Waals surface area contributed by atoms with Crippen molar-refractivity contribution in [3.05, 3.63) is 35.2 Å². The van der Waals surface area contributed by atoms with Crippen molar-refractivity contribution in [2.75, 3.05) is 5.75 Å². The van der Waals surface area contributed by atoms with Gasteiger partial charge in [-0.25, -0.2) is 0 Å². The molecule has 0 fully saturated rings. The summed E-state index contributed by atoms with van der Waals surface area (Å²) in [5.74, 6) is 0.340. The largest absolute Gasteiger partial charge is 0.481 e. The average Bonchev–Trinajstić information content (AvgIpc) is 2.78. The van der Waals surface area contributed by atoms with Crippen LogP contribution in [0.2, 0.25) is 5.02 Å². The van der Waals surface area contributed by atoms with Crippen molar-refractivity contribution in [2.45, 2.75) is 5.75 Å². The van der Waals surface area contributed by atoms with Crippen LogP contribution in [0.5, 0.6) is 0 Å². The van der Waals surface area contributed by atoms with Crippen LogP contribution in [0.3, 0.4) is 0 Å². The van der Waals surface area contributed by atoms with Gasteiger partial charge in [0.1, 0.15) is 0 Å². The van der Waals surface area contributed by atoms with E-state index in [0.29, 0.717) is 22.6 Å². The summed E-state index contributed by atoms with van der Waals surface area (Å²) in [6, 6.07) is 7.04. The molecule has 2 rings (SSSR count). The summed E-state index contributed by atoms with van der Waals surface area (Å²) >= 11 is 6.99. The van der Waals surface area contributed by atoms with E-state index in [2.05, 4.69) is 10.2 Å². The molecular formula is C11H9ClN2O3S.